The lowest BCUT2D eigenvalue weighted by Gasteiger charge is -2.25. The normalized spacial score (nSPS) is 14.4. The van der Waals surface area contributed by atoms with Crippen molar-refractivity contribution in [2.75, 3.05) is 0 Å². The lowest BCUT2D eigenvalue weighted by Crippen LogP contribution is -2.28. The first-order chi connectivity index (χ1) is 7.89. The first kappa shape index (κ1) is 15.7. The van der Waals surface area contributed by atoms with Crippen molar-refractivity contribution in [1.29, 1.82) is 0 Å². The van der Waals surface area contributed by atoms with Gasteiger partial charge in [-0.2, -0.15) is 0 Å². The quantitative estimate of drug-likeness (QED) is 0.391. The summed E-state index contributed by atoms with van der Waals surface area (Å²) in [5.74, 6) is -0.726. The summed E-state index contributed by atoms with van der Waals surface area (Å²) in [6.45, 7) is 6.62. The lowest BCUT2D eigenvalue weighted by molar-refractivity contribution is -0.151. The first-order valence-corrected chi connectivity index (χ1v) is 5.94. The minimum atomic E-state index is -0.698. The van der Waals surface area contributed by atoms with Crippen molar-refractivity contribution < 1.29 is 19.1 Å². The van der Waals surface area contributed by atoms with Gasteiger partial charge in [-0.3, -0.25) is 9.59 Å². The number of hydrogen-bond donors (Lipinski definition) is 0. The number of ether oxygens (including phenoxy) is 2. The van der Waals surface area contributed by atoms with E-state index in [0.29, 0.717) is 0 Å². The van der Waals surface area contributed by atoms with Gasteiger partial charge in [0.25, 0.3) is 0 Å². The summed E-state index contributed by atoms with van der Waals surface area (Å²) in [5.41, 5.74) is -0.698. The second-order valence-electron chi connectivity index (χ2n) is 4.28. The predicted molar refractivity (Wildman–Crippen MR) is 65.2 cm³/mol. The Morgan fingerprint density at radius 2 is 1.82 bits per heavy atom. The minimum Gasteiger partial charge on any atom is -0.455 e. The molecule has 1 unspecified atom stereocenters. The highest BCUT2D eigenvalue weighted by molar-refractivity contribution is 5.67. The molecule has 4 nitrogen and oxygen atoms in total. The predicted octanol–water partition coefficient (Wildman–Crippen LogP) is 2.97. The largest absolute Gasteiger partial charge is 0.455 e. The molecule has 0 aliphatic heterocycles. The van der Waals surface area contributed by atoms with Crippen LogP contribution in [0.1, 0.15) is 53.4 Å². The molecule has 0 fully saturated rings. The number of esters is 2. The molecule has 0 aromatic heterocycles. The van der Waals surface area contributed by atoms with E-state index in [1.54, 1.807) is 6.08 Å². The van der Waals surface area contributed by atoms with Gasteiger partial charge in [0.2, 0.25) is 0 Å². The summed E-state index contributed by atoms with van der Waals surface area (Å²) in [4.78, 5) is 21.7. The van der Waals surface area contributed by atoms with Crippen LogP contribution >= 0.6 is 0 Å². The zero-order valence-corrected chi connectivity index (χ0v) is 11.1. The fourth-order valence-corrected chi connectivity index (χ4v) is 1.50. The van der Waals surface area contributed by atoms with E-state index in [9.17, 15) is 9.59 Å². The Morgan fingerprint density at radius 1 is 1.18 bits per heavy atom. The third-order valence-corrected chi connectivity index (χ3v) is 2.31. The fourth-order valence-electron chi connectivity index (χ4n) is 1.50. The van der Waals surface area contributed by atoms with Gasteiger partial charge < -0.3 is 9.47 Å². The zero-order chi connectivity index (χ0) is 13.3. The van der Waals surface area contributed by atoms with Crippen LogP contribution < -0.4 is 0 Å². The summed E-state index contributed by atoms with van der Waals surface area (Å²) in [7, 11) is 0. The van der Waals surface area contributed by atoms with E-state index in [2.05, 4.69) is 6.92 Å². The molecule has 4 heteroatoms. The number of carbonyl (C=O) groups excluding carboxylic acids is 2. The smallest absolute Gasteiger partial charge is 0.307 e. The van der Waals surface area contributed by atoms with Crippen molar-refractivity contribution >= 4 is 11.9 Å². The Balaban J connectivity index is 4.42. The Hall–Kier alpha value is -1.32. The van der Waals surface area contributed by atoms with Gasteiger partial charge in [0.1, 0.15) is 5.60 Å². The van der Waals surface area contributed by atoms with E-state index in [0.717, 1.165) is 25.7 Å². The van der Waals surface area contributed by atoms with E-state index in [1.165, 1.54) is 20.1 Å². The van der Waals surface area contributed by atoms with Gasteiger partial charge in [-0.25, -0.2) is 0 Å². The molecule has 0 rings (SSSR count). The van der Waals surface area contributed by atoms with E-state index in [-0.39, 0.29) is 11.9 Å². The molecule has 0 N–H and O–H groups in total. The maximum absolute atomic E-state index is 11.0. The topological polar surface area (TPSA) is 52.6 Å². The molecular formula is C13H22O4. The monoisotopic (exact) mass is 242 g/mol. The molecule has 0 spiro atoms. The zero-order valence-electron chi connectivity index (χ0n) is 11.1. The van der Waals surface area contributed by atoms with Crippen LogP contribution in [0.2, 0.25) is 0 Å². The molecule has 0 saturated carbocycles. The summed E-state index contributed by atoms with van der Waals surface area (Å²) in [6.07, 6.45) is 6.77. The van der Waals surface area contributed by atoms with Crippen LogP contribution in [-0.2, 0) is 19.1 Å². The highest BCUT2D eigenvalue weighted by Gasteiger charge is 2.24. The maximum atomic E-state index is 11.0. The van der Waals surface area contributed by atoms with Crippen LogP contribution in [0.15, 0.2) is 12.3 Å². The summed E-state index contributed by atoms with van der Waals surface area (Å²) in [5, 5.41) is 0. The maximum Gasteiger partial charge on any atom is 0.307 e. The molecule has 98 valence electrons. The van der Waals surface area contributed by atoms with Crippen molar-refractivity contribution in [2.45, 2.75) is 59.0 Å². The minimum absolute atomic E-state index is 0.337. The van der Waals surface area contributed by atoms with Crippen LogP contribution in [0.3, 0.4) is 0 Å². The van der Waals surface area contributed by atoms with Crippen molar-refractivity contribution in [1.82, 2.24) is 0 Å². The third-order valence-electron chi connectivity index (χ3n) is 2.31. The Kier molecular flexibility index (Phi) is 7.26. The highest BCUT2D eigenvalue weighted by Crippen LogP contribution is 2.21. The van der Waals surface area contributed by atoms with Crippen LogP contribution in [0.4, 0.5) is 0 Å². The first-order valence-electron chi connectivity index (χ1n) is 5.94. The average Bonchev–Trinajstić information content (AvgIpc) is 2.16. The van der Waals surface area contributed by atoms with Crippen molar-refractivity contribution in [3.05, 3.63) is 12.3 Å². The third kappa shape index (κ3) is 8.48. The van der Waals surface area contributed by atoms with Gasteiger partial charge in [0.15, 0.2) is 0 Å². The molecule has 0 bridgehead atoms. The molecule has 0 aliphatic carbocycles. The number of rotatable bonds is 7. The second-order valence-corrected chi connectivity index (χ2v) is 4.28. The highest BCUT2D eigenvalue weighted by atomic mass is 16.6. The summed E-state index contributed by atoms with van der Waals surface area (Å²) in [6, 6.07) is 0. The fraction of sp³-hybridized carbons (Fsp3) is 0.692. The van der Waals surface area contributed by atoms with Gasteiger partial charge in [-0.15, -0.1) is 0 Å². The molecule has 0 aromatic carbocycles. The number of unbranched alkanes of at least 4 members (excludes halogenated alkanes) is 2. The molecule has 0 heterocycles. The van der Waals surface area contributed by atoms with Crippen molar-refractivity contribution in [2.24, 2.45) is 0 Å². The molecule has 0 aromatic rings. The van der Waals surface area contributed by atoms with Crippen LogP contribution in [-0.4, -0.2) is 17.5 Å². The lowest BCUT2D eigenvalue weighted by atomic mass is 9.98. The van der Waals surface area contributed by atoms with Crippen LogP contribution in [0, 0.1) is 0 Å². The Bertz CT molecular complexity index is 283. The number of hydrogen-bond acceptors (Lipinski definition) is 4. The summed E-state index contributed by atoms with van der Waals surface area (Å²) >= 11 is 0. The molecule has 0 aliphatic rings. The molecule has 1 atom stereocenters. The van der Waals surface area contributed by atoms with E-state index >= 15 is 0 Å². The van der Waals surface area contributed by atoms with E-state index in [1.807, 2.05) is 6.92 Å². The van der Waals surface area contributed by atoms with Gasteiger partial charge in [-0.1, -0.05) is 19.8 Å². The second kappa shape index (κ2) is 7.87. The van der Waals surface area contributed by atoms with E-state index < -0.39 is 5.60 Å². The number of carbonyl (C=O) groups is 2. The van der Waals surface area contributed by atoms with Crippen molar-refractivity contribution in [3.8, 4) is 0 Å². The SMILES string of the molecule is CCCCCC(C)(C=COC(C)=O)OC(C)=O. The van der Waals surface area contributed by atoms with Crippen LogP contribution in [0.25, 0.3) is 0 Å². The Morgan fingerprint density at radius 3 is 2.29 bits per heavy atom. The molecule has 0 amide bonds. The van der Waals surface area contributed by atoms with Crippen molar-refractivity contribution in [3.63, 3.8) is 0 Å². The molecule has 0 radical (unpaired) electrons. The van der Waals surface area contributed by atoms with Gasteiger partial charge in [0.05, 0.1) is 6.26 Å². The molecule has 0 saturated heterocycles. The standard InChI is InChI=1S/C13H22O4/c1-5-6-7-8-13(4,17-12(3)15)9-10-16-11(2)14/h9-10H,5-8H2,1-4H3. The summed E-state index contributed by atoms with van der Waals surface area (Å²) < 4.78 is 9.96. The van der Waals surface area contributed by atoms with E-state index in [4.69, 9.17) is 9.47 Å². The van der Waals surface area contributed by atoms with Crippen LogP contribution in [0.5, 0.6) is 0 Å². The average molecular weight is 242 g/mol. The van der Waals surface area contributed by atoms with Gasteiger partial charge in [0, 0.05) is 13.8 Å². The van der Waals surface area contributed by atoms with Gasteiger partial charge in [-0.05, 0) is 25.8 Å². The molecular weight excluding hydrogens is 220 g/mol. The Labute approximate surface area is 103 Å². The molecule has 17 heavy (non-hydrogen) atoms. The van der Waals surface area contributed by atoms with Gasteiger partial charge >= 0.3 is 11.9 Å².